The van der Waals surface area contributed by atoms with Crippen molar-refractivity contribution in [3.05, 3.63) is 24.0 Å². The van der Waals surface area contributed by atoms with Crippen molar-refractivity contribution in [3.63, 3.8) is 0 Å². The summed E-state index contributed by atoms with van der Waals surface area (Å²) in [7, 11) is 1.83. The first-order valence-electron chi connectivity index (χ1n) is 7.67. The molecule has 1 aliphatic carbocycles. The lowest BCUT2D eigenvalue weighted by molar-refractivity contribution is -0.137. The molecule has 0 unspecified atom stereocenters. The van der Waals surface area contributed by atoms with E-state index < -0.39 is 5.97 Å². The summed E-state index contributed by atoms with van der Waals surface area (Å²) >= 11 is 0. The summed E-state index contributed by atoms with van der Waals surface area (Å²) in [4.78, 5) is 25.2. The molecule has 0 aromatic carbocycles. The van der Waals surface area contributed by atoms with Crippen molar-refractivity contribution < 1.29 is 14.7 Å². The fraction of sp³-hybridized carbons (Fsp3) is 0.625. The third-order valence-electron chi connectivity index (χ3n) is 4.62. The van der Waals surface area contributed by atoms with Crippen LogP contribution in [0.3, 0.4) is 0 Å². The van der Waals surface area contributed by atoms with E-state index in [1.807, 2.05) is 7.05 Å². The standard InChI is InChI=1S/C16H24N2O3/c1-3-12-6-8-13(9-7-12)17(2)16(21)14-5-4-10-18(14)11-15(19)20/h4-5,10,12-13H,3,6-9,11H2,1-2H3,(H,19,20). The molecule has 5 heteroatoms. The number of carboxylic acid groups (broad SMARTS) is 1. The maximum atomic E-state index is 12.6. The van der Waals surface area contributed by atoms with Crippen LogP contribution in [0.1, 0.15) is 49.5 Å². The third kappa shape index (κ3) is 3.65. The Hall–Kier alpha value is -1.78. The van der Waals surface area contributed by atoms with Gasteiger partial charge in [0.25, 0.3) is 5.91 Å². The summed E-state index contributed by atoms with van der Waals surface area (Å²) in [5.41, 5.74) is 0.456. The molecule has 116 valence electrons. The smallest absolute Gasteiger partial charge is 0.323 e. The highest BCUT2D eigenvalue weighted by molar-refractivity contribution is 5.93. The number of carboxylic acids is 1. The van der Waals surface area contributed by atoms with Crippen molar-refractivity contribution in [1.29, 1.82) is 0 Å². The molecule has 0 aliphatic heterocycles. The van der Waals surface area contributed by atoms with Gasteiger partial charge in [0, 0.05) is 19.3 Å². The van der Waals surface area contributed by atoms with E-state index in [2.05, 4.69) is 6.92 Å². The molecule has 0 atom stereocenters. The second kappa shape index (κ2) is 6.78. The minimum atomic E-state index is -0.939. The summed E-state index contributed by atoms with van der Waals surface area (Å²) < 4.78 is 1.50. The molecule has 1 fully saturated rings. The first kappa shape index (κ1) is 15.6. The van der Waals surface area contributed by atoms with Gasteiger partial charge in [-0.3, -0.25) is 9.59 Å². The summed E-state index contributed by atoms with van der Waals surface area (Å²) in [5.74, 6) is -0.229. The molecule has 1 aromatic rings. The number of hydrogen-bond acceptors (Lipinski definition) is 2. The predicted octanol–water partition coefficient (Wildman–Crippen LogP) is 2.61. The molecule has 1 aromatic heterocycles. The van der Waals surface area contributed by atoms with Crippen LogP contribution in [0.5, 0.6) is 0 Å². The van der Waals surface area contributed by atoms with E-state index in [4.69, 9.17) is 5.11 Å². The Labute approximate surface area is 125 Å². The van der Waals surface area contributed by atoms with E-state index in [-0.39, 0.29) is 18.5 Å². The molecule has 1 aliphatic rings. The third-order valence-corrected chi connectivity index (χ3v) is 4.62. The molecule has 2 rings (SSSR count). The van der Waals surface area contributed by atoms with Gasteiger partial charge in [-0.05, 0) is 43.7 Å². The van der Waals surface area contributed by atoms with Crippen LogP contribution in [0, 0.1) is 5.92 Å². The van der Waals surface area contributed by atoms with Gasteiger partial charge in [-0.1, -0.05) is 13.3 Å². The minimum absolute atomic E-state index is 0.0822. The van der Waals surface area contributed by atoms with Gasteiger partial charge in [0.2, 0.25) is 0 Å². The predicted molar refractivity (Wildman–Crippen MR) is 80.2 cm³/mol. The highest BCUT2D eigenvalue weighted by atomic mass is 16.4. The summed E-state index contributed by atoms with van der Waals surface area (Å²) in [6.07, 6.45) is 7.29. The van der Waals surface area contributed by atoms with Crippen LogP contribution in [0.15, 0.2) is 18.3 Å². The maximum absolute atomic E-state index is 12.6. The lowest BCUT2D eigenvalue weighted by Crippen LogP contribution is -2.40. The van der Waals surface area contributed by atoms with Gasteiger partial charge in [0.1, 0.15) is 12.2 Å². The Balaban J connectivity index is 2.03. The lowest BCUT2D eigenvalue weighted by atomic mass is 9.84. The van der Waals surface area contributed by atoms with Crippen LogP contribution < -0.4 is 0 Å². The molecule has 0 bridgehead atoms. The normalized spacial score (nSPS) is 22.0. The fourth-order valence-electron chi connectivity index (χ4n) is 3.18. The zero-order chi connectivity index (χ0) is 15.4. The first-order chi connectivity index (χ1) is 10.0. The van der Waals surface area contributed by atoms with Gasteiger partial charge in [-0.2, -0.15) is 0 Å². The second-order valence-corrected chi connectivity index (χ2v) is 5.91. The number of rotatable bonds is 5. The molecule has 1 heterocycles. The van der Waals surface area contributed by atoms with E-state index in [0.29, 0.717) is 5.69 Å². The van der Waals surface area contributed by atoms with E-state index in [1.165, 1.54) is 23.8 Å². The SMILES string of the molecule is CCC1CCC(N(C)C(=O)c2cccn2CC(=O)O)CC1. The average molecular weight is 292 g/mol. The molecule has 1 saturated carbocycles. The van der Waals surface area contributed by atoms with Crippen molar-refractivity contribution in [2.45, 2.75) is 51.6 Å². The van der Waals surface area contributed by atoms with Crippen molar-refractivity contribution in [2.24, 2.45) is 5.92 Å². The van der Waals surface area contributed by atoms with Gasteiger partial charge in [0.05, 0.1) is 0 Å². The summed E-state index contributed by atoms with van der Waals surface area (Å²) in [6.45, 7) is 2.04. The van der Waals surface area contributed by atoms with E-state index >= 15 is 0 Å². The minimum Gasteiger partial charge on any atom is -0.480 e. The summed E-state index contributed by atoms with van der Waals surface area (Å²) in [5, 5.41) is 8.89. The molecule has 0 spiro atoms. The number of carbonyl (C=O) groups excluding carboxylic acids is 1. The van der Waals surface area contributed by atoms with Crippen molar-refractivity contribution in [1.82, 2.24) is 9.47 Å². The number of nitrogens with zero attached hydrogens (tertiary/aromatic N) is 2. The molecule has 0 saturated heterocycles. The lowest BCUT2D eigenvalue weighted by Gasteiger charge is -2.34. The quantitative estimate of drug-likeness (QED) is 0.907. The number of carbonyl (C=O) groups is 2. The highest BCUT2D eigenvalue weighted by Gasteiger charge is 2.27. The molecule has 5 nitrogen and oxygen atoms in total. The van der Waals surface area contributed by atoms with Crippen LogP contribution in [-0.4, -0.2) is 39.5 Å². The van der Waals surface area contributed by atoms with E-state index in [0.717, 1.165) is 18.8 Å². The molecular formula is C16H24N2O3. The Morgan fingerprint density at radius 3 is 2.57 bits per heavy atom. The van der Waals surface area contributed by atoms with Crippen LogP contribution in [-0.2, 0) is 11.3 Å². The Morgan fingerprint density at radius 2 is 2.00 bits per heavy atom. The molecular weight excluding hydrogens is 268 g/mol. The Bertz CT molecular complexity index is 501. The van der Waals surface area contributed by atoms with Crippen LogP contribution in [0.2, 0.25) is 0 Å². The molecule has 21 heavy (non-hydrogen) atoms. The fourth-order valence-corrected chi connectivity index (χ4v) is 3.18. The van der Waals surface area contributed by atoms with Gasteiger partial charge < -0.3 is 14.6 Å². The summed E-state index contributed by atoms with van der Waals surface area (Å²) in [6, 6.07) is 3.69. The highest BCUT2D eigenvalue weighted by Crippen LogP contribution is 2.29. The number of aromatic nitrogens is 1. The monoisotopic (exact) mass is 292 g/mol. The second-order valence-electron chi connectivity index (χ2n) is 5.91. The van der Waals surface area contributed by atoms with Gasteiger partial charge in [-0.25, -0.2) is 0 Å². The van der Waals surface area contributed by atoms with E-state index in [1.54, 1.807) is 23.2 Å². The first-order valence-corrected chi connectivity index (χ1v) is 7.67. The van der Waals surface area contributed by atoms with E-state index in [9.17, 15) is 9.59 Å². The number of amides is 1. The Morgan fingerprint density at radius 1 is 1.33 bits per heavy atom. The largest absolute Gasteiger partial charge is 0.480 e. The molecule has 1 amide bonds. The van der Waals surface area contributed by atoms with Gasteiger partial charge in [-0.15, -0.1) is 0 Å². The van der Waals surface area contributed by atoms with Crippen molar-refractivity contribution >= 4 is 11.9 Å². The zero-order valence-corrected chi connectivity index (χ0v) is 12.8. The van der Waals surface area contributed by atoms with Crippen LogP contribution in [0.4, 0.5) is 0 Å². The number of aliphatic carboxylic acids is 1. The Kier molecular flexibility index (Phi) is 5.04. The van der Waals surface area contributed by atoms with Gasteiger partial charge >= 0.3 is 5.97 Å². The van der Waals surface area contributed by atoms with Crippen molar-refractivity contribution in [2.75, 3.05) is 7.05 Å². The topological polar surface area (TPSA) is 62.5 Å². The van der Waals surface area contributed by atoms with Gasteiger partial charge in [0.15, 0.2) is 0 Å². The number of hydrogen-bond donors (Lipinski definition) is 1. The van der Waals surface area contributed by atoms with Crippen LogP contribution in [0.25, 0.3) is 0 Å². The zero-order valence-electron chi connectivity index (χ0n) is 12.8. The molecule has 1 N–H and O–H groups in total. The van der Waals surface area contributed by atoms with Crippen LogP contribution >= 0.6 is 0 Å². The maximum Gasteiger partial charge on any atom is 0.323 e. The molecule has 0 radical (unpaired) electrons. The average Bonchev–Trinajstić information content (AvgIpc) is 2.93. The van der Waals surface area contributed by atoms with Crippen molar-refractivity contribution in [3.8, 4) is 0 Å².